The number of hydrogen-bond donors (Lipinski definition) is 1. The van der Waals surface area contributed by atoms with Gasteiger partial charge in [-0.15, -0.1) is 0 Å². The summed E-state index contributed by atoms with van der Waals surface area (Å²) in [5.41, 5.74) is 6.28. The van der Waals surface area contributed by atoms with E-state index < -0.39 is 0 Å². The molecular formula is C11H27N. The monoisotopic (exact) mass is 173 g/mol. The van der Waals surface area contributed by atoms with E-state index >= 15 is 0 Å². The van der Waals surface area contributed by atoms with Crippen molar-refractivity contribution in [2.24, 2.45) is 11.1 Å². The highest BCUT2D eigenvalue weighted by Gasteiger charge is 2.23. The Morgan fingerprint density at radius 2 is 1.33 bits per heavy atom. The first-order chi connectivity index (χ1) is 5.27. The maximum absolute atomic E-state index is 5.90. The number of hydrogen-bond acceptors (Lipinski definition) is 1. The Labute approximate surface area is 78.7 Å². The summed E-state index contributed by atoms with van der Waals surface area (Å²) in [5.74, 6) is 0. The lowest BCUT2D eigenvalue weighted by atomic mass is 9.79. The minimum atomic E-state index is -0.0144. The molecule has 76 valence electrons. The lowest BCUT2D eigenvalue weighted by Crippen LogP contribution is -2.37. The lowest BCUT2D eigenvalue weighted by molar-refractivity contribution is 0.251. The van der Waals surface area contributed by atoms with Crippen LogP contribution in [0, 0.1) is 5.41 Å². The van der Waals surface area contributed by atoms with Crippen molar-refractivity contribution in [2.45, 2.75) is 66.8 Å². The van der Waals surface area contributed by atoms with E-state index in [2.05, 4.69) is 34.6 Å². The summed E-state index contributed by atoms with van der Waals surface area (Å²) in [7, 11) is 0. The Kier molecular flexibility index (Phi) is 6.73. The second-order valence-corrected chi connectivity index (χ2v) is 4.68. The van der Waals surface area contributed by atoms with E-state index in [4.69, 9.17) is 5.73 Å². The Bertz CT molecular complexity index is 98.1. The molecule has 0 saturated heterocycles. The van der Waals surface area contributed by atoms with Crippen LogP contribution in [0.3, 0.4) is 0 Å². The highest BCUT2D eigenvalue weighted by molar-refractivity contribution is 4.80. The van der Waals surface area contributed by atoms with E-state index in [1.54, 1.807) is 0 Å². The average molecular weight is 173 g/mol. The molecule has 0 aliphatic carbocycles. The largest absolute Gasteiger partial charge is 0.326 e. The van der Waals surface area contributed by atoms with Gasteiger partial charge in [-0.05, 0) is 25.7 Å². The molecule has 0 aromatic carbocycles. The van der Waals surface area contributed by atoms with Crippen molar-refractivity contribution in [3.63, 3.8) is 0 Å². The lowest BCUT2D eigenvalue weighted by Gasteiger charge is -2.31. The van der Waals surface area contributed by atoms with Gasteiger partial charge in [-0.25, -0.2) is 0 Å². The fourth-order valence-corrected chi connectivity index (χ4v) is 1.36. The quantitative estimate of drug-likeness (QED) is 0.693. The molecule has 0 aliphatic rings. The molecule has 1 heteroatoms. The summed E-state index contributed by atoms with van der Waals surface area (Å²) in [6, 6.07) is 0. The van der Waals surface area contributed by atoms with E-state index in [0.29, 0.717) is 5.41 Å². The van der Waals surface area contributed by atoms with Crippen LogP contribution >= 0.6 is 0 Å². The Morgan fingerprint density at radius 1 is 1.00 bits per heavy atom. The zero-order valence-electron chi connectivity index (χ0n) is 9.99. The third-order valence-electron chi connectivity index (χ3n) is 1.89. The Balaban J connectivity index is 0. The molecule has 0 spiro atoms. The molecule has 0 aromatic heterocycles. The van der Waals surface area contributed by atoms with Crippen LogP contribution in [0.1, 0.15) is 61.3 Å². The van der Waals surface area contributed by atoms with Gasteiger partial charge in [-0.2, -0.15) is 0 Å². The van der Waals surface area contributed by atoms with Crippen LogP contribution in [-0.4, -0.2) is 5.54 Å². The van der Waals surface area contributed by atoms with Gasteiger partial charge in [0.25, 0.3) is 0 Å². The molecule has 0 fully saturated rings. The third-order valence-corrected chi connectivity index (χ3v) is 1.89. The highest BCUT2D eigenvalue weighted by atomic mass is 14.7. The maximum Gasteiger partial charge on any atom is 0.0102 e. The molecule has 0 heterocycles. The standard InChI is InChI=1S/C9H21N.C2H6/c1-6-8(2,3)7-9(4,5)10;1-2/h6-7,10H2,1-5H3;1-2H3. The molecule has 0 radical (unpaired) electrons. The molecule has 0 aromatic rings. The van der Waals surface area contributed by atoms with E-state index in [9.17, 15) is 0 Å². The second kappa shape index (κ2) is 5.58. The van der Waals surface area contributed by atoms with Crippen LogP contribution < -0.4 is 5.73 Å². The van der Waals surface area contributed by atoms with Crippen molar-refractivity contribution in [2.75, 3.05) is 0 Å². The molecule has 0 aliphatic heterocycles. The van der Waals surface area contributed by atoms with Crippen molar-refractivity contribution >= 4 is 0 Å². The molecular weight excluding hydrogens is 146 g/mol. The van der Waals surface area contributed by atoms with Crippen molar-refractivity contribution in [3.05, 3.63) is 0 Å². The van der Waals surface area contributed by atoms with Gasteiger partial charge in [0.2, 0.25) is 0 Å². The van der Waals surface area contributed by atoms with Gasteiger partial charge < -0.3 is 5.73 Å². The molecule has 0 rings (SSSR count). The topological polar surface area (TPSA) is 26.0 Å². The minimum absolute atomic E-state index is 0.0144. The van der Waals surface area contributed by atoms with Gasteiger partial charge in [0, 0.05) is 5.54 Å². The fourth-order valence-electron chi connectivity index (χ4n) is 1.36. The van der Waals surface area contributed by atoms with E-state index in [-0.39, 0.29) is 5.54 Å². The van der Waals surface area contributed by atoms with Crippen molar-refractivity contribution in [3.8, 4) is 0 Å². The molecule has 0 bridgehead atoms. The van der Waals surface area contributed by atoms with Crippen molar-refractivity contribution in [1.29, 1.82) is 0 Å². The van der Waals surface area contributed by atoms with Gasteiger partial charge in [-0.3, -0.25) is 0 Å². The second-order valence-electron chi connectivity index (χ2n) is 4.68. The summed E-state index contributed by atoms with van der Waals surface area (Å²) in [6.45, 7) is 14.9. The van der Waals surface area contributed by atoms with Gasteiger partial charge >= 0.3 is 0 Å². The van der Waals surface area contributed by atoms with E-state index in [1.807, 2.05) is 13.8 Å². The van der Waals surface area contributed by atoms with Crippen LogP contribution in [0.15, 0.2) is 0 Å². The van der Waals surface area contributed by atoms with Crippen molar-refractivity contribution in [1.82, 2.24) is 0 Å². The molecule has 12 heavy (non-hydrogen) atoms. The van der Waals surface area contributed by atoms with Crippen LogP contribution in [-0.2, 0) is 0 Å². The molecule has 0 saturated carbocycles. The molecule has 1 nitrogen and oxygen atoms in total. The predicted molar refractivity (Wildman–Crippen MR) is 58.3 cm³/mol. The summed E-state index contributed by atoms with van der Waals surface area (Å²) < 4.78 is 0. The van der Waals surface area contributed by atoms with Crippen molar-refractivity contribution < 1.29 is 0 Å². The summed E-state index contributed by atoms with van der Waals surface area (Å²) in [5, 5.41) is 0. The SMILES string of the molecule is CC.CCC(C)(C)CC(C)(C)N. The Hall–Kier alpha value is -0.0400. The smallest absolute Gasteiger partial charge is 0.0102 e. The zero-order chi connectivity index (χ0) is 10.4. The number of nitrogens with two attached hydrogens (primary N) is 1. The fraction of sp³-hybridized carbons (Fsp3) is 1.00. The third kappa shape index (κ3) is 9.96. The average Bonchev–Trinajstić information content (AvgIpc) is 1.88. The predicted octanol–water partition coefficient (Wildman–Crippen LogP) is 3.58. The van der Waals surface area contributed by atoms with E-state index in [1.165, 1.54) is 6.42 Å². The van der Waals surface area contributed by atoms with Crippen LogP contribution in [0.5, 0.6) is 0 Å². The normalized spacial score (nSPS) is 12.0. The first-order valence-electron chi connectivity index (χ1n) is 5.06. The van der Waals surface area contributed by atoms with Crippen LogP contribution in [0.2, 0.25) is 0 Å². The first-order valence-corrected chi connectivity index (χ1v) is 5.06. The van der Waals surface area contributed by atoms with Gasteiger partial charge in [-0.1, -0.05) is 41.0 Å². The maximum atomic E-state index is 5.90. The zero-order valence-corrected chi connectivity index (χ0v) is 9.99. The van der Waals surface area contributed by atoms with Crippen LogP contribution in [0.25, 0.3) is 0 Å². The van der Waals surface area contributed by atoms with E-state index in [0.717, 1.165) is 6.42 Å². The highest BCUT2D eigenvalue weighted by Crippen LogP contribution is 2.29. The molecule has 2 N–H and O–H groups in total. The first kappa shape index (κ1) is 14.5. The van der Waals surface area contributed by atoms with Gasteiger partial charge in [0.1, 0.15) is 0 Å². The summed E-state index contributed by atoms with van der Waals surface area (Å²) >= 11 is 0. The molecule has 0 unspecified atom stereocenters. The Morgan fingerprint density at radius 3 is 1.42 bits per heavy atom. The molecule has 0 atom stereocenters. The van der Waals surface area contributed by atoms with Gasteiger partial charge in [0.05, 0.1) is 0 Å². The molecule has 0 amide bonds. The minimum Gasteiger partial charge on any atom is -0.326 e. The van der Waals surface area contributed by atoms with Gasteiger partial charge in [0.15, 0.2) is 0 Å². The summed E-state index contributed by atoms with van der Waals surface area (Å²) in [4.78, 5) is 0. The number of rotatable bonds is 3. The summed E-state index contributed by atoms with van der Waals surface area (Å²) in [6.07, 6.45) is 2.30. The van der Waals surface area contributed by atoms with Crippen LogP contribution in [0.4, 0.5) is 0 Å².